The van der Waals surface area contributed by atoms with Crippen molar-refractivity contribution in [2.24, 2.45) is 11.7 Å². The molecule has 0 aromatic heterocycles. The third kappa shape index (κ3) is 2.83. The van der Waals surface area contributed by atoms with Gasteiger partial charge >= 0.3 is 0 Å². The SMILES string of the molecule is NCC1CCCC1NC(=O)c1cc2c(cc1F)NC(=O)CC2. The fourth-order valence-corrected chi connectivity index (χ4v) is 3.33. The first kappa shape index (κ1) is 15.0. The predicted octanol–water partition coefficient (Wildman–Crippen LogP) is 1.57. The van der Waals surface area contributed by atoms with Gasteiger partial charge < -0.3 is 16.4 Å². The molecule has 0 saturated heterocycles. The molecule has 2 aliphatic rings. The fraction of sp³-hybridized carbons (Fsp3) is 0.500. The number of carbonyl (C=O) groups is 2. The second-order valence-electron chi connectivity index (χ2n) is 6.04. The lowest BCUT2D eigenvalue weighted by Gasteiger charge is -2.21. The van der Waals surface area contributed by atoms with Crippen molar-refractivity contribution in [1.82, 2.24) is 5.32 Å². The van der Waals surface area contributed by atoms with Gasteiger partial charge in [0.1, 0.15) is 5.82 Å². The number of nitrogens with two attached hydrogens (primary N) is 1. The number of aryl methyl sites for hydroxylation is 1. The summed E-state index contributed by atoms with van der Waals surface area (Å²) in [5, 5.41) is 5.54. The van der Waals surface area contributed by atoms with E-state index in [2.05, 4.69) is 10.6 Å². The lowest BCUT2D eigenvalue weighted by atomic mass is 9.98. The van der Waals surface area contributed by atoms with Gasteiger partial charge in [-0.2, -0.15) is 0 Å². The van der Waals surface area contributed by atoms with Crippen LogP contribution in [0.25, 0.3) is 0 Å². The molecule has 1 saturated carbocycles. The highest BCUT2D eigenvalue weighted by Gasteiger charge is 2.29. The Morgan fingerprint density at radius 2 is 2.18 bits per heavy atom. The molecule has 1 aliphatic heterocycles. The Hall–Kier alpha value is -1.95. The zero-order valence-electron chi connectivity index (χ0n) is 12.3. The lowest BCUT2D eigenvalue weighted by Crippen LogP contribution is -2.40. The molecule has 1 aromatic rings. The Bertz CT molecular complexity index is 618. The van der Waals surface area contributed by atoms with E-state index in [-0.39, 0.29) is 23.4 Å². The molecule has 3 rings (SSSR count). The molecule has 2 atom stereocenters. The minimum Gasteiger partial charge on any atom is -0.349 e. The minimum atomic E-state index is -0.610. The van der Waals surface area contributed by atoms with Crippen LogP contribution in [-0.4, -0.2) is 24.4 Å². The third-order valence-corrected chi connectivity index (χ3v) is 4.61. The molecule has 6 heteroatoms. The zero-order chi connectivity index (χ0) is 15.7. The largest absolute Gasteiger partial charge is 0.349 e. The Balaban J connectivity index is 1.79. The maximum absolute atomic E-state index is 14.2. The van der Waals surface area contributed by atoms with E-state index in [4.69, 9.17) is 5.73 Å². The number of rotatable bonds is 3. The van der Waals surface area contributed by atoms with Crippen molar-refractivity contribution in [2.75, 3.05) is 11.9 Å². The molecule has 0 bridgehead atoms. The number of benzene rings is 1. The van der Waals surface area contributed by atoms with Crippen molar-refractivity contribution in [3.63, 3.8) is 0 Å². The second kappa shape index (κ2) is 6.04. The van der Waals surface area contributed by atoms with Gasteiger partial charge in [0, 0.05) is 18.2 Å². The summed E-state index contributed by atoms with van der Waals surface area (Å²) in [4.78, 5) is 23.7. The summed E-state index contributed by atoms with van der Waals surface area (Å²) in [6.45, 7) is 0.531. The number of anilines is 1. The molecule has 1 aliphatic carbocycles. The van der Waals surface area contributed by atoms with Crippen LogP contribution in [0.5, 0.6) is 0 Å². The monoisotopic (exact) mass is 305 g/mol. The summed E-state index contributed by atoms with van der Waals surface area (Å²) in [6, 6.07) is 2.80. The number of nitrogens with one attached hydrogen (secondary N) is 2. The molecule has 0 spiro atoms. The normalized spacial score (nSPS) is 23.8. The molecule has 1 fully saturated rings. The minimum absolute atomic E-state index is 0.0210. The maximum Gasteiger partial charge on any atom is 0.254 e. The van der Waals surface area contributed by atoms with Crippen molar-refractivity contribution < 1.29 is 14.0 Å². The van der Waals surface area contributed by atoms with Gasteiger partial charge in [-0.25, -0.2) is 4.39 Å². The summed E-state index contributed by atoms with van der Waals surface area (Å²) in [5.74, 6) is -0.868. The Labute approximate surface area is 128 Å². The highest BCUT2D eigenvalue weighted by Crippen LogP contribution is 2.28. The lowest BCUT2D eigenvalue weighted by molar-refractivity contribution is -0.116. The number of amides is 2. The summed E-state index contributed by atoms with van der Waals surface area (Å²) < 4.78 is 14.2. The van der Waals surface area contributed by atoms with E-state index < -0.39 is 11.7 Å². The molecule has 1 aromatic carbocycles. The van der Waals surface area contributed by atoms with Gasteiger partial charge in [-0.05, 0) is 49.4 Å². The first-order chi connectivity index (χ1) is 10.6. The van der Waals surface area contributed by atoms with Gasteiger partial charge in [0.25, 0.3) is 5.91 Å². The smallest absolute Gasteiger partial charge is 0.254 e. The third-order valence-electron chi connectivity index (χ3n) is 4.61. The van der Waals surface area contributed by atoms with Gasteiger partial charge in [0.05, 0.1) is 5.56 Å². The molecule has 5 nitrogen and oxygen atoms in total. The average Bonchev–Trinajstić information content (AvgIpc) is 2.93. The Kier molecular flexibility index (Phi) is 4.11. The van der Waals surface area contributed by atoms with Crippen LogP contribution in [0.4, 0.5) is 10.1 Å². The van der Waals surface area contributed by atoms with Crippen LogP contribution in [-0.2, 0) is 11.2 Å². The summed E-state index contributed by atoms with van der Waals surface area (Å²) in [7, 11) is 0. The summed E-state index contributed by atoms with van der Waals surface area (Å²) in [6.07, 6.45) is 3.80. The average molecular weight is 305 g/mol. The molecule has 0 radical (unpaired) electrons. The number of hydrogen-bond donors (Lipinski definition) is 3. The predicted molar refractivity (Wildman–Crippen MR) is 81.0 cm³/mol. The first-order valence-electron chi connectivity index (χ1n) is 7.71. The Morgan fingerprint density at radius 3 is 2.95 bits per heavy atom. The van der Waals surface area contributed by atoms with E-state index in [1.165, 1.54) is 6.07 Å². The van der Waals surface area contributed by atoms with Crippen molar-refractivity contribution in [2.45, 2.75) is 38.1 Å². The standard InChI is InChI=1S/C16H20FN3O2/c17-12-7-14-9(4-5-15(21)19-14)6-11(12)16(22)20-13-3-1-2-10(13)8-18/h6-7,10,13H,1-5,8,18H2,(H,19,21)(H,20,22). The summed E-state index contributed by atoms with van der Waals surface area (Å²) in [5.41, 5.74) is 7.01. The molecular formula is C16H20FN3O2. The van der Waals surface area contributed by atoms with E-state index in [1.807, 2.05) is 0 Å². The van der Waals surface area contributed by atoms with Crippen molar-refractivity contribution in [3.05, 3.63) is 29.1 Å². The van der Waals surface area contributed by atoms with E-state index in [9.17, 15) is 14.0 Å². The highest BCUT2D eigenvalue weighted by atomic mass is 19.1. The molecule has 118 valence electrons. The molecular weight excluding hydrogens is 285 g/mol. The van der Waals surface area contributed by atoms with Crippen LogP contribution in [0, 0.1) is 11.7 Å². The topological polar surface area (TPSA) is 84.2 Å². The maximum atomic E-state index is 14.2. The second-order valence-corrected chi connectivity index (χ2v) is 6.04. The van der Waals surface area contributed by atoms with E-state index in [0.29, 0.717) is 25.1 Å². The molecule has 22 heavy (non-hydrogen) atoms. The van der Waals surface area contributed by atoms with Gasteiger partial charge in [-0.1, -0.05) is 6.42 Å². The fourth-order valence-electron chi connectivity index (χ4n) is 3.33. The number of fused-ring (bicyclic) bond motifs is 1. The number of halogens is 1. The first-order valence-corrected chi connectivity index (χ1v) is 7.71. The van der Waals surface area contributed by atoms with E-state index >= 15 is 0 Å². The quantitative estimate of drug-likeness (QED) is 0.792. The van der Waals surface area contributed by atoms with Gasteiger partial charge in [0.15, 0.2) is 0 Å². The van der Waals surface area contributed by atoms with Crippen LogP contribution in [0.15, 0.2) is 12.1 Å². The van der Waals surface area contributed by atoms with Gasteiger partial charge in [0.2, 0.25) is 5.91 Å². The van der Waals surface area contributed by atoms with E-state index in [1.54, 1.807) is 6.07 Å². The van der Waals surface area contributed by atoms with Crippen molar-refractivity contribution in [3.8, 4) is 0 Å². The summed E-state index contributed by atoms with van der Waals surface area (Å²) >= 11 is 0. The van der Waals surface area contributed by atoms with Crippen LogP contribution in [0.3, 0.4) is 0 Å². The van der Waals surface area contributed by atoms with Gasteiger partial charge in [-0.3, -0.25) is 9.59 Å². The van der Waals surface area contributed by atoms with Crippen LogP contribution < -0.4 is 16.4 Å². The zero-order valence-corrected chi connectivity index (χ0v) is 12.3. The molecule has 2 amide bonds. The highest BCUT2D eigenvalue weighted by molar-refractivity contribution is 5.98. The van der Waals surface area contributed by atoms with Crippen LogP contribution in [0.2, 0.25) is 0 Å². The van der Waals surface area contributed by atoms with Crippen LogP contribution >= 0.6 is 0 Å². The van der Waals surface area contributed by atoms with Crippen molar-refractivity contribution >= 4 is 17.5 Å². The molecule has 4 N–H and O–H groups in total. The van der Waals surface area contributed by atoms with Crippen molar-refractivity contribution in [1.29, 1.82) is 0 Å². The molecule has 2 unspecified atom stereocenters. The van der Waals surface area contributed by atoms with Gasteiger partial charge in [-0.15, -0.1) is 0 Å². The van der Waals surface area contributed by atoms with E-state index in [0.717, 1.165) is 24.8 Å². The molecule has 1 heterocycles. The number of hydrogen-bond acceptors (Lipinski definition) is 3. The Morgan fingerprint density at radius 1 is 1.36 bits per heavy atom. The van der Waals surface area contributed by atoms with Crippen LogP contribution in [0.1, 0.15) is 41.6 Å². The number of carbonyl (C=O) groups excluding carboxylic acids is 2.